The van der Waals surface area contributed by atoms with Crippen LogP contribution in [0.5, 0.6) is 0 Å². The van der Waals surface area contributed by atoms with Crippen LogP contribution in [0.25, 0.3) is 22.3 Å². The van der Waals surface area contributed by atoms with Gasteiger partial charge in [0.05, 0.1) is 0 Å². The summed E-state index contributed by atoms with van der Waals surface area (Å²) in [6.45, 7) is 4.27. The van der Waals surface area contributed by atoms with Crippen LogP contribution >= 0.6 is 0 Å². The van der Waals surface area contributed by atoms with Gasteiger partial charge in [-0.15, -0.1) is 0 Å². The quantitative estimate of drug-likeness (QED) is 0.243. The van der Waals surface area contributed by atoms with Gasteiger partial charge in [-0.25, -0.2) is 4.39 Å². The van der Waals surface area contributed by atoms with Gasteiger partial charge in [0, 0.05) is 0 Å². The minimum absolute atomic E-state index is 0.124. The standard InChI is InChI=1S/C32H31F/c1-3-4-6-11-30-20-21-31(23-32(30)33)29-18-16-28(17-19-29)27-14-12-25(13-15-27)22-24(2)26-9-7-5-8-10-26/h3-5,7-10,12-21,23-24H,6,11,22H2,1-2H3/b4-3+. The van der Waals surface area contributed by atoms with Crippen LogP contribution in [-0.4, -0.2) is 0 Å². The maximum atomic E-state index is 14.5. The van der Waals surface area contributed by atoms with Crippen molar-refractivity contribution in [3.63, 3.8) is 0 Å². The Morgan fingerprint density at radius 3 is 1.91 bits per heavy atom. The Kier molecular flexibility index (Phi) is 7.52. The molecule has 0 amide bonds. The number of rotatable bonds is 8. The van der Waals surface area contributed by atoms with Crippen LogP contribution in [0.1, 0.15) is 42.9 Å². The summed E-state index contributed by atoms with van der Waals surface area (Å²) in [6, 6.07) is 33.5. The predicted molar refractivity (Wildman–Crippen MR) is 139 cm³/mol. The highest BCUT2D eigenvalue weighted by Crippen LogP contribution is 2.28. The average Bonchev–Trinajstić information content (AvgIpc) is 2.86. The highest BCUT2D eigenvalue weighted by molar-refractivity contribution is 5.70. The highest BCUT2D eigenvalue weighted by Gasteiger charge is 2.08. The molecule has 0 saturated heterocycles. The molecule has 0 spiro atoms. The molecule has 0 aromatic heterocycles. The summed E-state index contributed by atoms with van der Waals surface area (Å²) in [4.78, 5) is 0. The van der Waals surface area contributed by atoms with Crippen LogP contribution in [0, 0.1) is 5.82 Å². The number of aryl methyl sites for hydroxylation is 1. The second-order valence-electron chi connectivity index (χ2n) is 8.70. The molecule has 166 valence electrons. The zero-order valence-electron chi connectivity index (χ0n) is 19.5. The van der Waals surface area contributed by atoms with Crippen LogP contribution in [0.4, 0.5) is 4.39 Å². The van der Waals surface area contributed by atoms with Crippen molar-refractivity contribution in [3.05, 3.63) is 132 Å². The van der Waals surface area contributed by atoms with Gasteiger partial charge in [0.2, 0.25) is 0 Å². The summed E-state index contributed by atoms with van der Waals surface area (Å²) in [6.07, 6.45) is 6.70. The van der Waals surface area contributed by atoms with E-state index >= 15 is 0 Å². The van der Waals surface area contributed by atoms with E-state index in [0.717, 1.165) is 36.0 Å². The zero-order valence-corrected chi connectivity index (χ0v) is 19.5. The minimum atomic E-state index is -0.124. The first-order chi connectivity index (χ1) is 16.1. The Hall–Kier alpha value is -3.45. The summed E-state index contributed by atoms with van der Waals surface area (Å²) in [5, 5.41) is 0. The van der Waals surface area contributed by atoms with Crippen molar-refractivity contribution in [1.82, 2.24) is 0 Å². The van der Waals surface area contributed by atoms with Crippen molar-refractivity contribution in [2.24, 2.45) is 0 Å². The molecular weight excluding hydrogens is 403 g/mol. The summed E-state index contributed by atoms with van der Waals surface area (Å²) in [5.41, 5.74) is 7.81. The molecule has 0 aliphatic heterocycles. The Morgan fingerprint density at radius 2 is 1.30 bits per heavy atom. The Morgan fingerprint density at radius 1 is 0.727 bits per heavy atom. The third kappa shape index (κ3) is 5.87. The van der Waals surface area contributed by atoms with E-state index in [1.165, 1.54) is 22.3 Å². The minimum Gasteiger partial charge on any atom is -0.207 e. The maximum absolute atomic E-state index is 14.5. The highest BCUT2D eigenvalue weighted by atomic mass is 19.1. The Bertz CT molecular complexity index is 1190. The van der Waals surface area contributed by atoms with Gasteiger partial charge in [-0.2, -0.15) is 0 Å². The lowest BCUT2D eigenvalue weighted by molar-refractivity contribution is 0.610. The average molecular weight is 435 g/mol. The van der Waals surface area contributed by atoms with Crippen molar-refractivity contribution >= 4 is 0 Å². The lowest BCUT2D eigenvalue weighted by Gasteiger charge is -2.12. The van der Waals surface area contributed by atoms with Gasteiger partial charge < -0.3 is 0 Å². The van der Waals surface area contributed by atoms with Gasteiger partial charge in [0.25, 0.3) is 0 Å². The summed E-state index contributed by atoms with van der Waals surface area (Å²) >= 11 is 0. The SMILES string of the molecule is C/C=C/CCc1ccc(-c2ccc(-c3ccc(CC(C)c4ccccc4)cc3)cc2)cc1F. The first kappa shape index (κ1) is 22.7. The fourth-order valence-electron chi connectivity index (χ4n) is 4.28. The van der Waals surface area contributed by atoms with Gasteiger partial charge in [0.15, 0.2) is 0 Å². The van der Waals surface area contributed by atoms with Gasteiger partial charge in [0.1, 0.15) is 5.82 Å². The normalized spacial score (nSPS) is 12.2. The van der Waals surface area contributed by atoms with Crippen LogP contribution in [0.3, 0.4) is 0 Å². The van der Waals surface area contributed by atoms with Gasteiger partial charge in [-0.05, 0) is 77.1 Å². The molecule has 1 unspecified atom stereocenters. The lowest BCUT2D eigenvalue weighted by atomic mass is 9.92. The third-order valence-electron chi connectivity index (χ3n) is 6.29. The van der Waals surface area contributed by atoms with E-state index in [4.69, 9.17) is 0 Å². The molecule has 1 heteroatoms. The van der Waals surface area contributed by atoms with Crippen LogP contribution in [0.15, 0.2) is 109 Å². The number of hydrogen-bond acceptors (Lipinski definition) is 0. The lowest BCUT2D eigenvalue weighted by Crippen LogP contribution is -1.98. The van der Waals surface area contributed by atoms with E-state index in [1.54, 1.807) is 6.07 Å². The Labute approximate surface area is 197 Å². The molecule has 0 N–H and O–H groups in total. The summed E-state index contributed by atoms with van der Waals surface area (Å²) in [5.74, 6) is 0.368. The summed E-state index contributed by atoms with van der Waals surface area (Å²) in [7, 11) is 0. The van der Waals surface area contributed by atoms with Crippen molar-refractivity contribution in [2.75, 3.05) is 0 Å². The molecule has 1 atom stereocenters. The molecule has 0 saturated carbocycles. The predicted octanol–water partition coefficient (Wildman–Crippen LogP) is 9.01. The first-order valence-electron chi connectivity index (χ1n) is 11.8. The van der Waals surface area contributed by atoms with E-state index in [-0.39, 0.29) is 5.82 Å². The van der Waals surface area contributed by atoms with E-state index in [0.29, 0.717) is 5.92 Å². The molecule has 4 aromatic carbocycles. The molecule has 0 nitrogen and oxygen atoms in total. The molecule has 0 aliphatic rings. The van der Waals surface area contributed by atoms with Crippen LogP contribution in [-0.2, 0) is 12.8 Å². The number of halogens is 1. The van der Waals surface area contributed by atoms with Crippen molar-refractivity contribution in [2.45, 2.75) is 39.0 Å². The molecule has 4 rings (SSSR count). The van der Waals surface area contributed by atoms with Crippen LogP contribution < -0.4 is 0 Å². The fraction of sp³-hybridized carbons (Fsp3) is 0.188. The zero-order chi connectivity index (χ0) is 23.0. The van der Waals surface area contributed by atoms with E-state index in [1.807, 2.05) is 25.1 Å². The van der Waals surface area contributed by atoms with Crippen molar-refractivity contribution in [1.29, 1.82) is 0 Å². The Balaban J connectivity index is 1.43. The topological polar surface area (TPSA) is 0 Å². The molecule has 33 heavy (non-hydrogen) atoms. The molecule has 0 fully saturated rings. The largest absolute Gasteiger partial charge is 0.207 e. The van der Waals surface area contributed by atoms with Gasteiger partial charge in [-0.3, -0.25) is 0 Å². The molecule has 0 radical (unpaired) electrons. The molecular formula is C32H31F. The smallest absolute Gasteiger partial charge is 0.127 e. The number of allylic oxidation sites excluding steroid dienone is 2. The second kappa shape index (κ2) is 10.9. The molecule has 0 bridgehead atoms. The monoisotopic (exact) mass is 434 g/mol. The van der Waals surface area contributed by atoms with Gasteiger partial charge >= 0.3 is 0 Å². The summed E-state index contributed by atoms with van der Waals surface area (Å²) < 4.78 is 14.5. The van der Waals surface area contributed by atoms with Gasteiger partial charge in [-0.1, -0.05) is 110 Å². The van der Waals surface area contributed by atoms with Crippen molar-refractivity contribution in [3.8, 4) is 22.3 Å². The molecule has 0 aliphatic carbocycles. The molecule has 4 aromatic rings. The molecule has 0 heterocycles. The van der Waals surface area contributed by atoms with Crippen LogP contribution in [0.2, 0.25) is 0 Å². The first-order valence-corrected chi connectivity index (χ1v) is 11.8. The second-order valence-corrected chi connectivity index (χ2v) is 8.70. The van der Waals surface area contributed by atoms with E-state index < -0.39 is 0 Å². The fourth-order valence-corrected chi connectivity index (χ4v) is 4.28. The van der Waals surface area contributed by atoms with E-state index in [2.05, 4.69) is 91.9 Å². The van der Waals surface area contributed by atoms with Crippen molar-refractivity contribution < 1.29 is 4.39 Å². The number of hydrogen-bond donors (Lipinski definition) is 0. The van der Waals surface area contributed by atoms with E-state index in [9.17, 15) is 4.39 Å². The third-order valence-corrected chi connectivity index (χ3v) is 6.29. The number of benzene rings is 4. The maximum Gasteiger partial charge on any atom is 0.127 e.